The number of carbonyl (C=O) groups is 1. The maximum absolute atomic E-state index is 13.0. The van der Waals surface area contributed by atoms with Gasteiger partial charge < -0.3 is 9.80 Å². The monoisotopic (exact) mass is 489 g/mol. The summed E-state index contributed by atoms with van der Waals surface area (Å²) in [7, 11) is -3.68. The van der Waals surface area contributed by atoms with Gasteiger partial charge in [0.05, 0.1) is 18.4 Å². The molecule has 0 unspecified atom stereocenters. The van der Waals surface area contributed by atoms with Crippen LogP contribution in [0.1, 0.15) is 11.1 Å². The zero-order chi connectivity index (χ0) is 23.5. The Morgan fingerprint density at radius 1 is 1.06 bits per heavy atom. The second-order valence-electron chi connectivity index (χ2n) is 7.54. The number of benzene rings is 2. The number of sulfonamides is 1. The van der Waals surface area contributed by atoms with Crippen LogP contribution in [0.4, 0.5) is 18.9 Å². The van der Waals surface area contributed by atoms with Crippen molar-refractivity contribution in [2.45, 2.75) is 12.7 Å². The van der Waals surface area contributed by atoms with Gasteiger partial charge in [0.25, 0.3) is 0 Å². The van der Waals surface area contributed by atoms with Crippen LogP contribution in [0.25, 0.3) is 0 Å². The van der Waals surface area contributed by atoms with Gasteiger partial charge in [-0.05, 0) is 29.8 Å². The minimum absolute atomic E-state index is 0.0333. The number of alkyl halides is 3. The first kappa shape index (κ1) is 24.3. The molecule has 0 aliphatic carbocycles. The average molecular weight is 490 g/mol. The molecule has 1 aliphatic rings. The second kappa shape index (κ2) is 9.68. The minimum Gasteiger partial charge on any atom is -0.368 e. The topological polar surface area (TPSA) is 60.9 Å². The van der Waals surface area contributed by atoms with Crippen molar-refractivity contribution in [3.63, 3.8) is 0 Å². The van der Waals surface area contributed by atoms with E-state index in [0.717, 1.165) is 22.7 Å². The number of anilines is 1. The molecule has 2 aromatic carbocycles. The summed E-state index contributed by atoms with van der Waals surface area (Å²) < 4.78 is 64.4. The van der Waals surface area contributed by atoms with E-state index < -0.39 is 21.8 Å². The molecule has 0 bridgehead atoms. The molecule has 6 nitrogen and oxygen atoms in total. The van der Waals surface area contributed by atoms with Gasteiger partial charge in [-0.25, -0.2) is 8.42 Å². The maximum Gasteiger partial charge on any atom is 0.416 e. The molecule has 0 spiro atoms. The molecule has 11 heteroatoms. The first-order chi connectivity index (χ1) is 14.9. The molecule has 1 fully saturated rings. The fourth-order valence-electron chi connectivity index (χ4n) is 3.45. The van der Waals surface area contributed by atoms with Gasteiger partial charge in [-0.2, -0.15) is 17.5 Å². The number of hydrogen-bond donors (Lipinski definition) is 0. The van der Waals surface area contributed by atoms with Crippen molar-refractivity contribution in [3.8, 4) is 0 Å². The molecule has 0 N–H and O–H groups in total. The van der Waals surface area contributed by atoms with Gasteiger partial charge in [0.15, 0.2) is 0 Å². The number of rotatable bonds is 6. The molecule has 0 radical (unpaired) electrons. The molecule has 174 valence electrons. The lowest BCUT2D eigenvalue weighted by Gasteiger charge is -2.37. The second-order valence-corrected chi connectivity index (χ2v) is 9.93. The summed E-state index contributed by atoms with van der Waals surface area (Å²) >= 11 is 6.12. The molecule has 1 saturated heterocycles. The largest absolute Gasteiger partial charge is 0.416 e. The van der Waals surface area contributed by atoms with Crippen LogP contribution in [0.15, 0.2) is 48.5 Å². The van der Waals surface area contributed by atoms with Crippen molar-refractivity contribution in [1.82, 2.24) is 9.21 Å². The van der Waals surface area contributed by atoms with Gasteiger partial charge >= 0.3 is 6.18 Å². The average Bonchev–Trinajstić information content (AvgIpc) is 2.73. The Bertz CT molecular complexity index is 1070. The summed E-state index contributed by atoms with van der Waals surface area (Å²) in [6, 6.07) is 11.9. The third-order valence-electron chi connectivity index (χ3n) is 5.26. The van der Waals surface area contributed by atoms with E-state index in [9.17, 15) is 26.4 Å². The van der Waals surface area contributed by atoms with E-state index in [1.54, 1.807) is 35.2 Å². The van der Waals surface area contributed by atoms with Crippen molar-refractivity contribution < 1.29 is 26.4 Å². The third-order valence-corrected chi connectivity index (χ3v) is 6.82. The van der Waals surface area contributed by atoms with Crippen molar-refractivity contribution in [2.75, 3.05) is 43.9 Å². The lowest BCUT2D eigenvalue weighted by molar-refractivity contribution is -0.137. The summed E-state index contributed by atoms with van der Waals surface area (Å²) in [6.07, 6.45) is -3.40. The van der Waals surface area contributed by atoms with Crippen LogP contribution in [-0.4, -0.2) is 62.5 Å². The zero-order valence-corrected chi connectivity index (χ0v) is 18.9. The van der Waals surface area contributed by atoms with Crippen molar-refractivity contribution >= 4 is 33.2 Å². The fraction of sp³-hybridized carbons (Fsp3) is 0.381. The zero-order valence-electron chi connectivity index (χ0n) is 17.3. The number of amides is 1. The Morgan fingerprint density at radius 3 is 2.31 bits per heavy atom. The van der Waals surface area contributed by atoms with Gasteiger partial charge in [-0.1, -0.05) is 35.9 Å². The molecule has 1 aliphatic heterocycles. The molecule has 2 aromatic rings. The van der Waals surface area contributed by atoms with E-state index in [-0.39, 0.29) is 32.1 Å². The first-order valence-corrected chi connectivity index (χ1v) is 12.1. The number of carbonyl (C=O) groups excluding carboxylic acids is 1. The smallest absolute Gasteiger partial charge is 0.368 e. The first-order valence-electron chi connectivity index (χ1n) is 9.83. The Kier molecular flexibility index (Phi) is 7.36. The van der Waals surface area contributed by atoms with Crippen LogP contribution in [0.5, 0.6) is 0 Å². The van der Waals surface area contributed by atoms with Crippen LogP contribution in [0.2, 0.25) is 5.02 Å². The van der Waals surface area contributed by atoms with Gasteiger partial charge in [-0.15, -0.1) is 0 Å². The van der Waals surface area contributed by atoms with Gasteiger partial charge in [0.1, 0.15) is 0 Å². The van der Waals surface area contributed by atoms with Crippen molar-refractivity contribution in [1.29, 1.82) is 0 Å². The maximum atomic E-state index is 13.0. The number of nitrogens with zero attached hydrogens (tertiary/aromatic N) is 3. The summed E-state index contributed by atoms with van der Waals surface area (Å²) in [5, 5.41) is 0.406. The molecule has 1 heterocycles. The lowest BCUT2D eigenvalue weighted by atomic mass is 10.1. The molecule has 0 aromatic heterocycles. The predicted octanol–water partition coefficient (Wildman–Crippen LogP) is 3.47. The molecule has 0 atom stereocenters. The lowest BCUT2D eigenvalue weighted by Crippen LogP contribution is -2.51. The van der Waals surface area contributed by atoms with Gasteiger partial charge in [0.2, 0.25) is 15.9 Å². The Balaban J connectivity index is 1.63. The van der Waals surface area contributed by atoms with Crippen LogP contribution in [-0.2, 0) is 27.5 Å². The Labute approximate surface area is 190 Å². The minimum atomic E-state index is -4.43. The molecule has 1 amide bonds. The number of hydrogen-bond acceptors (Lipinski definition) is 4. The van der Waals surface area contributed by atoms with Crippen molar-refractivity contribution in [2.24, 2.45) is 0 Å². The number of halogens is 4. The Morgan fingerprint density at radius 2 is 1.72 bits per heavy atom. The normalized spacial score (nSPS) is 15.3. The standard InChI is InChI=1S/C21H23ClF3N3O3S/c1-32(30,31)28(14-16-5-2-3-8-19(16)22)15-20(29)27-11-9-26(10-12-27)18-7-4-6-17(13-18)21(23,24)25/h2-8,13H,9-12,14-15H2,1H3. The highest BCUT2D eigenvalue weighted by molar-refractivity contribution is 7.88. The van der Waals surface area contributed by atoms with E-state index in [0.29, 0.717) is 29.4 Å². The van der Waals surface area contributed by atoms with E-state index in [2.05, 4.69) is 0 Å². The quantitative estimate of drug-likeness (QED) is 0.623. The summed E-state index contributed by atoms with van der Waals surface area (Å²) in [4.78, 5) is 16.1. The SMILES string of the molecule is CS(=O)(=O)N(CC(=O)N1CCN(c2cccc(C(F)(F)F)c2)CC1)Cc1ccccc1Cl. The molecule has 0 saturated carbocycles. The van der Waals surface area contributed by atoms with E-state index in [1.165, 1.54) is 11.0 Å². The summed E-state index contributed by atoms with van der Waals surface area (Å²) in [6.45, 7) is 0.868. The number of piperazine rings is 1. The third kappa shape index (κ3) is 6.14. The van der Waals surface area contributed by atoms with Gasteiger partial charge in [-0.3, -0.25) is 4.79 Å². The van der Waals surface area contributed by atoms with Crippen molar-refractivity contribution in [3.05, 3.63) is 64.7 Å². The highest BCUT2D eigenvalue weighted by atomic mass is 35.5. The Hall–Kier alpha value is -2.30. The fourth-order valence-corrected chi connectivity index (χ4v) is 4.36. The van der Waals surface area contributed by atoms with E-state index >= 15 is 0 Å². The highest BCUT2D eigenvalue weighted by Gasteiger charge is 2.31. The van der Waals surface area contributed by atoms with Crippen LogP contribution in [0.3, 0.4) is 0 Å². The summed E-state index contributed by atoms with van der Waals surface area (Å²) in [5.41, 5.74) is 0.294. The molecular formula is C21H23ClF3N3O3S. The van der Waals surface area contributed by atoms with Crippen LogP contribution < -0.4 is 4.90 Å². The molecular weight excluding hydrogens is 467 g/mol. The van der Waals surface area contributed by atoms with E-state index in [4.69, 9.17) is 11.6 Å². The molecule has 3 rings (SSSR count). The van der Waals surface area contributed by atoms with Gasteiger partial charge in [0, 0.05) is 43.4 Å². The van der Waals surface area contributed by atoms with E-state index in [1.807, 2.05) is 0 Å². The van der Waals surface area contributed by atoms with Crippen LogP contribution in [0, 0.1) is 0 Å². The van der Waals surface area contributed by atoms with Crippen LogP contribution >= 0.6 is 11.6 Å². The highest BCUT2D eigenvalue weighted by Crippen LogP contribution is 2.32. The molecule has 32 heavy (non-hydrogen) atoms. The summed E-state index contributed by atoms with van der Waals surface area (Å²) in [5.74, 6) is -0.369. The predicted molar refractivity (Wildman–Crippen MR) is 117 cm³/mol.